The van der Waals surface area contributed by atoms with Crippen LogP contribution in [0, 0.1) is 5.92 Å². The van der Waals surface area contributed by atoms with Crippen molar-refractivity contribution in [2.45, 2.75) is 26.7 Å². The molecule has 1 unspecified atom stereocenters. The van der Waals surface area contributed by atoms with E-state index in [4.69, 9.17) is 0 Å². The van der Waals surface area contributed by atoms with Gasteiger partial charge in [-0.2, -0.15) is 0 Å². The third kappa shape index (κ3) is 2.40. The van der Waals surface area contributed by atoms with Crippen molar-refractivity contribution in [2.75, 3.05) is 19.6 Å². The van der Waals surface area contributed by atoms with Gasteiger partial charge in [-0.05, 0) is 12.3 Å². The topological polar surface area (TPSA) is 32.3 Å². The highest BCUT2D eigenvalue weighted by Crippen LogP contribution is 2.07. The molecule has 3 nitrogen and oxygen atoms in total. The van der Waals surface area contributed by atoms with Crippen LogP contribution in [0.1, 0.15) is 26.7 Å². The zero-order chi connectivity index (χ0) is 8.97. The molecule has 12 heavy (non-hydrogen) atoms. The van der Waals surface area contributed by atoms with E-state index in [-0.39, 0.29) is 6.03 Å². The van der Waals surface area contributed by atoms with Crippen LogP contribution in [-0.2, 0) is 0 Å². The number of amides is 2. The summed E-state index contributed by atoms with van der Waals surface area (Å²) in [5.41, 5.74) is 0. The van der Waals surface area contributed by atoms with Crippen molar-refractivity contribution in [1.29, 1.82) is 0 Å². The van der Waals surface area contributed by atoms with Crippen molar-refractivity contribution in [1.82, 2.24) is 10.2 Å². The Labute approximate surface area is 74.1 Å². The molecule has 70 valence electrons. The van der Waals surface area contributed by atoms with Crippen molar-refractivity contribution >= 4 is 6.03 Å². The summed E-state index contributed by atoms with van der Waals surface area (Å²) in [5, 5.41) is 2.85. The second-order valence-corrected chi connectivity index (χ2v) is 3.54. The number of carbonyl (C=O) groups excluding carboxylic acids is 1. The van der Waals surface area contributed by atoms with E-state index in [1.54, 1.807) is 0 Å². The van der Waals surface area contributed by atoms with Gasteiger partial charge in [0.25, 0.3) is 0 Å². The fraction of sp³-hybridized carbons (Fsp3) is 0.889. The molecule has 1 heterocycles. The first kappa shape index (κ1) is 9.36. The van der Waals surface area contributed by atoms with Gasteiger partial charge in [0.1, 0.15) is 0 Å². The summed E-state index contributed by atoms with van der Waals surface area (Å²) >= 11 is 0. The quantitative estimate of drug-likeness (QED) is 0.683. The molecule has 1 aliphatic rings. The molecule has 1 N–H and O–H groups in total. The third-order valence-corrected chi connectivity index (χ3v) is 2.40. The first-order chi connectivity index (χ1) is 5.74. The Morgan fingerprint density at radius 1 is 1.67 bits per heavy atom. The van der Waals surface area contributed by atoms with E-state index < -0.39 is 0 Å². The zero-order valence-corrected chi connectivity index (χ0v) is 7.97. The van der Waals surface area contributed by atoms with E-state index in [1.165, 1.54) is 0 Å². The first-order valence-electron chi connectivity index (χ1n) is 4.76. The van der Waals surface area contributed by atoms with Crippen molar-refractivity contribution in [3.8, 4) is 0 Å². The second kappa shape index (κ2) is 4.33. The maximum atomic E-state index is 11.3. The van der Waals surface area contributed by atoms with Crippen molar-refractivity contribution < 1.29 is 4.79 Å². The number of nitrogens with zero attached hydrogens (tertiary/aromatic N) is 1. The molecule has 1 saturated heterocycles. The van der Waals surface area contributed by atoms with Gasteiger partial charge >= 0.3 is 6.03 Å². The molecule has 1 aliphatic heterocycles. The average molecular weight is 170 g/mol. The molecule has 0 aromatic rings. The van der Waals surface area contributed by atoms with Crippen LogP contribution in [0.2, 0.25) is 0 Å². The number of rotatable bonds is 3. The van der Waals surface area contributed by atoms with Gasteiger partial charge in [-0.1, -0.05) is 20.3 Å². The molecule has 0 bridgehead atoms. The summed E-state index contributed by atoms with van der Waals surface area (Å²) in [6.07, 6.45) is 2.23. The molecule has 0 saturated carbocycles. The zero-order valence-electron chi connectivity index (χ0n) is 7.97. The maximum Gasteiger partial charge on any atom is 0.317 e. The predicted molar refractivity (Wildman–Crippen MR) is 49.0 cm³/mol. The van der Waals surface area contributed by atoms with Crippen LogP contribution in [0.15, 0.2) is 0 Å². The fourth-order valence-electron chi connectivity index (χ4n) is 1.36. The lowest BCUT2D eigenvalue weighted by Crippen LogP contribution is -2.47. The minimum absolute atomic E-state index is 0.113. The number of carbonyl (C=O) groups is 1. The van der Waals surface area contributed by atoms with Crippen molar-refractivity contribution in [3.63, 3.8) is 0 Å². The Balaban J connectivity index is 2.34. The molecule has 3 heteroatoms. The average Bonchev–Trinajstić information content (AvgIpc) is 2.09. The highest BCUT2D eigenvalue weighted by Gasteiger charge is 2.18. The second-order valence-electron chi connectivity index (χ2n) is 3.54. The van der Waals surface area contributed by atoms with Crippen LogP contribution in [0.4, 0.5) is 4.79 Å². The molecular weight excluding hydrogens is 152 g/mol. The van der Waals surface area contributed by atoms with E-state index in [9.17, 15) is 4.79 Å². The normalized spacial score (nSPS) is 20.5. The molecule has 1 fully saturated rings. The monoisotopic (exact) mass is 170 g/mol. The minimum atomic E-state index is 0.113. The van der Waals surface area contributed by atoms with Gasteiger partial charge < -0.3 is 10.2 Å². The van der Waals surface area contributed by atoms with Gasteiger partial charge in [0.15, 0.2) is 0 Å². The molecule has 1 atom stereocenters. The molecule has 0 radical (unpaired) electrons. The Morgan fingerprint density at radius 3 is 3.00 bits per heavy atom. The van der Waals surface area contributed by atoms with Crippen LogP contribution >= 0.6 is 0 Å². The summed E-state index contributed by atoms with van der Waals surface area (Å²) in [6.45, 7) is 7.02. The largest absolute Gasteiger partial charge is 0.338 e. The van der Waals surface area contributed by atoms with Crippen LogP contribution in [0.3, 0.4) is 0 Å². The first-order valence-corrected chi connectivity index (χ1v) is 4.76. The Bertz CT molecular complexity index is 159. The summed E-state index contributed by atoms with van der Waals surface area (Å²) in [7, 11) is 0. The van der Waals surface area contributed by atoms with E-state index >= 15 is 0 Å². The van der Waals surface area contributed by atoms with Crippen molar-refractivity contribution in [3.05, 3.63) is 0 Å². The van der Waals surface area contributed by atoms with Gasteiger partial charge in [-0.15, -0.1) is 0 Å². The van der Waals surface area contributed by atoms with Gasteiger partial charge in [0.2, 0.25) is 0 Å². The minimum Gasteiger partial charge on any atom is -0.338 e. The van der Waals surface area contributed by atoms with E-state index in [0.29, 0.717) is 5.92 Å². The van der Waals surface area contributed by atoms with E-state index in [2.05, 4.69) is 19.2 Å². The SMILES string of the molecule is CCC(C)CN1CCCNC1=O. The smallest absolute Gasteiger partial charge is 0.317 e. The molecule has 0 aliphatic carbocycles. The number of nitrogens with one attached hydrogen (secondary N) is 1. The van der Waals surface area contributed by atoms with Crippen molar-refractivity contribution in [2.24, 2.45) is 5.92 Å². The lowest BCUT2D eigenvalue weighted by molar-refractivity contribution is 0.176. The Morgan fingerprint density at radius 2 is 2.42 bits per heavy atom. The Kier molecular flexibility index (Phi) is 3.38. The standard InChI is InChI=1S/C9H18N2O/c1-3-8(2)7-11-6-4-5-10-9(11)12/h8H,3-7H2,1-2H3,(H,10,12). The predicted octanol–water partition coefficient (Wildman–Crippen LogP) is 1.45. The Hall–Kier alpha value is -0.730. The van der Waals surface area contributed by atoms with E-state index in [0.717, 1.165) is 32.5 Å². The molecule has 1 rings (SSSR count). The highest BCUT2D eigenvalue weighted by atomic mass is 16.2. The summed E-state index contributed by atoms with van der Waals surface area (Å²) < 4.78 is 0. The van der Waals surface area contributed by atoms with Crippen LogP contribution in [-0.4, -0.2) is 30.6 Å². The third-order valence-electron chi connectivity index (χ3n) is 2.40. The number of hydrogen-bond donors (Lipinski definition) is 1. The highest BCUT2D eigenvalue weighted by molar-refractivity contribution is 5.74. The number of hydrogen-bond acceptors (Lipinski definition) is 1. The number of urea groups is 1. The lowest BCUT2D eigenvalue weighted by atomic mass is 10.1. The van der Waals surface area contributed by atoms with Gasteiger partial charge in [-0.3, -0.25) is 0 Å². The van der Waals surface area contributed by atoms with Crippen LogP contribution in [0.5, 0.6) is 0 Å². The van der Waals surface area contributed by atoms with Crippen LogP contribution in [0.25, 0.3) is 0 Å². The fourth-order valence-corrected chi connectivity index (χ4v) is 1.36. The summed E-state index contributed by atoms with van der Waals surface area (Å²) in [5.74, 6) is 0.619. The molecule has 2 amide bonds. The van der Waals surface area contributed by atoms with E-state index in [1.807, 2.05) is 4.90 Å². The van der Waals surface area contributed by atoms with Crippen LogP contribution < -0.4 is 5.32 Å². The molecular formula is C9H18N2O. The molecule has 0 aromatic carbocycles. The molecule has 0 spiro atoms. The summed E-state index contributed by atoms with van der Waals surface area (Å²) in [6, 6.07) is 0.113. The van der Waals surface area contributed by atoms with Gasteiger partial charge in [-0.25, -0.2) is 4.79 Å². The molecule has 0 aromatic heterocycles. The summed E-state index contributed by atoms with van der Waals surface area (Å²) in [4.78, 5) is 13.2. The maximum absolute atomic E-state index is 11.3. The van der Waals surface area contributed by atoms with Gasteiger partial charge in [0, 0.05) is 19.6 Å². The van der Waals surface area contributed by atoms with Gasteiger partial charge in [0.05, 0.1) is 0 Å². The lowest BCUT2D eigenvalue weighted by Gasteiger charge is -2.29.